The van der Waals surface area contributed by atoms with Crippen molar-refractivity contribution in [1.82, 2.24) is 14.0 Å². The minimum Gasteiger partial charge on any atom is -0.481 e. The smallest absolute Gasteiger partial charge is 0.329 e. The van der Waals surface area contributed by atoms with E-state index < -0.39 is 11.4 Å². The van der Waals surface area contributed by atoms with E-state index in [2.05, 4.69) is 0 Å². The zero-order chi connectivity index (χ0) is 18.9. The van der Waals surface area contributed by atoms with Gasteiger partial charge in [0.2, 0.25) is 5.91 Å². The van der Waals surface area contributed by atoms with Crippen molar-refractivity contribution in [3.8, 4) is 0 Å². The Labute approximate surface area is 151 Å². The number of hydrogen-bond acceptors (Lipinski definition) is 3. The molecule has 1 atom stereocenters. The van der Waals surface area contributed by atoms with E-state index >= 15 is 0 Å². The average molecular weight is 359 g/mol. The van der Waals surface area contributed by atoms with Gasteiger partial charge in [-0.2, -0.15) is 0 Å². The fourth-order valence-electron chi connectivity index (χ4n) is 3.64. The van der Waals surface area contributed by atoms with Gasteiger partial charge in [-0.1, -0.05) is 19.1 Å². The van der Waals surface area contributed by atoms with Gasteiger partial charge < -0.3 is 10.0 Å². The number of hydrogen-bond donors (Lipinski definition) is 1. The molecule has 2 aromatic rings. The third kappa shape index (κ3) is 3.13. The minimum absolute atomic E-state index is 0.0994. The highest BCUT2D eigenvalue weighted by atomic mass is 16.4. The lowest BCUT2D eigenvalue weighted by Crippen LogP contribution is -2.35. The van der Waals surface area contributed by atoms with Crippen LogP contribution in [0.1, 0.15) is 33.1 Å². The first-order chi connectivity index (χ1) is 12.4. The van der Waals surface area contributed by atoms with E-state index in [4.69, 9.17) is 0 Å². The number of imidazole rings is 1. The first-order valence-electron chi connectivity index (χ1n) is 9.06. The molecule has 3 rings (SSSR count). The predicted molar refractivity (Wildman–Crippen MR) is 98.0 cm³/mol. The quantitative estimate of drug-likeness (QED) is 0.854. The highest BCUT2D eigenvalue weighted by molar-refractivity contribution is 5.81. The van der Waals surface area contributed by atoms with Crippen LogP contribution in [-0.2, 0) is 22.7 Å². The van der Waals surface area contributed by atoms with E-state index in [1.54, 1.807) is 21.0 Å². The van der Waals surface area contributed by atoms with Gasteiger partial charge in [-0.15, -0.1) is 0 Å². The molecule has 1 aromatic heterocycles. The minimum atomic E-state index is -0.871. The molecular formula is C19H25N3O4. The van der Waals surface area contributed by atoms with Crippen molar-refractivity contribution >= 4 is 22.9 Å². The molecule has 1 N–H and O–H groups in total. The van der Waals surface area contributed by atoms with Crippen LogP contribution in [0.25, 0.3) is 11.0 Å². The Morgan fingerprint density at radius 1 is 1.15 bits per heavy atom. The molecule has 0 bridgehead atoms. The molecule has 1 aliphatic heterocycles. The zero-order valence-corrected chi connectivity index (χ0v) is 15.3. The fourth-order valence-corrected chi connectivity index (χ4v) is 3.64. The second kappa shape index (κ2) is 6.97. The van der Waals surface area contributed by atoms with E-state index in [0.29, 0.717) is 26.1 Å². The number of amides is 1. The standard InChI is InChI=1S/C19H25N3O4/c1-3-10-21-14-6-4-5-7-15(14)22(18(21)26)11-8-16(23)20-12-9-19(2,13-20)17(24)25/h4-7H,3,8-13H2,1-2H3,(H,24,25). The number of para-hydroxylation sites is 2. The van der Waals surface area contributed by atoms with Gasteiger partial charge in [0.25, 0.3) is 0 Å². The Kier molecular flexibility index (Phi) is 4.89. The predicted octanol–water partition coefficient (Wildman–Crippen LogP) is 1.93. The third-order valence-corrected chi connectivity index (χ3v) is 5.26. The largest absolute Gasteiger partial charge is 0.481 e. The second-order valence-corrected chi connectivity index (χ2v) is 7.26. The molecule has 7 nitrogen and oxygen atoms in total. The van der Waals surface area contributed by atoms with Crippen molar-refractivity contribution in [3.05, 3.63) is 34.7 Å². The number of carboxylic acids is 1. The van der Waals surface area contributed by atoms with Gasteiger partial charge in [-0.05, 0) is 31.9 Å². The molecule has 140 valence electrons. The Bertz CT molecular complexity index is 898. The van der Waals surface area contributed by atoms with Crippen LogP contribution in [-0.4, -0.2) is 44.1 Å². The lowest BCUT2D eigenvalue weighted by molar-refractivity contribution is -0.147. The van der Waals surface area contributed by atoms with Gasteiger partial charge in [0.05, 0.1) is 16.4 Å². The average Bonchev–Trinajstić information content (AvgIpc) is 3.14. The molecular weight excluding hydrogens is 334 g/mol. The number of fused-ring (bicyclic) bond motifs is 1. The summed E-state index contributed by atoms with van der Waals surface area (Å²) in [5.41, 5.74) is 0.739. The Morgan fingerprint density at radius 2 is 1.77 bits per heavy atom. The topological polar surface area (TPSA) is 84.5 Å². The van der Waals surface area contributed by atoms with Gasteiger partial charge >= 0.3 is 11.7 Å². The first-order valence-corrected chi connectivity index (χ1v) is 9.06. The van der Waals surface area contributed by atoms with E-state index in [0.717, 1.165) is 17.5 Å². The highest BCUT2D eigenvalue weighted by Gasteiger charge is 2.41. The van der Waals surface area contributed by atoms with Crippen molar-refractivity contribution in [3.63, 3.8) is 0 Å². The van der Waals surface area contributed by atoms with Crippen LogP contribution >= 0.6 is 0 Å². The van der Waals surface area contributed by atoms with Gasteiger partial charge in [-0.25, -0.2) is 4.79 Å². The molecule has 2 heterocycles. The second-order valence-electron chi connectivity index (χ2n) is 7.26. The number of aliphatic carboxylic acids is 1. The van der Waals surface area contributed by atoms with Crippen LogP contribution in [0.2, 0.25) is 0 Å². The third-order valence-electron chi connectivity index (χ3n) is 5.26. The molecule has 0 spiro atoms. The molecule has 1 saturated heterocycles. The number of likely N-dealkylation sites (tertiary alicyclic amines) is 1. The molecule has 7 heteroatoms. The Hall–Kier alpha value is -2.57. The lowest BCUT2D eigenvalue weighted by Gasteiger charge is -2.20. The summed E-state index contributed by atoms with van der Waals surface area (Å²) in [6.45, 7) is 5.32. The van der Waals surface area contributed by atoms with Gasteiger partial charge in [0.1, 0.15) is 0 Å². The SMILES string of the molecule is CCCn1c(=O)n(CCC(=O)N2CCC(C)(C(=O)O)C2)c2ccccc21. The normalized spacial score (nSPS) is 20.0. The summed E-state index contributed by atoms with van der Waals surface area (Å²) < 4.78 is 3.40. The number of nitrogens with zero attached hydrogens (tertiary/aromatic N) is 3. The Balaban J connectivity index is 1.76. The van der Waals surface area contributed by atoms with Crippen molar-refractivity contribution in [2.45, 2.75) is 46.2 Å². The summed E-state index contributed by atoms with van der Waals surface area (Å²) >= 11 is 0. The molecule has 1 unspecified atom stereocenters. The monoisotopic (exact) mass is 359 g/mol. The summed E-state index contributed by atoms with van der Waals surface area (Å²) in [5, 5.41) is 9.30. The van der Waals surface area contributed by atoms with E-state index in [1.807, 2.05) is 31.2 Å². The van der Waals surface area contributed by atoms with Crippen LogP contribution in [0, 0.1) is 5.41 Å². The number of carboxylic acid groups (broad SMARTS) is 1. The summed E-state index contributed by atoms with van der Waals surface area (Å²) in [6, 6.07) is 7.60. The number of carbonyl (C=O) groups is 2. The van der Waals surface area contributed by atoms with Crippen LogP contribution in [0.15, 0.2) is 29.1 Å². The molecule has 1 amide bonds. The van der Waals surface area contributed by atoms with Gasteiger partial charge in [0, 0.05) is 32.6 Å². The zero-order valence-electron chi connectivity index (χ0n) is 15.3. The maximum Gasteiger partial charge on any atom is 0.329 e. The number of benzene rings is 1. The summed E-state index contributed by atoms with van der Waals surface area (Å²) in [7, 11) is 0. The van der Waals surface area contributed by atoms with Crippen LogP contribution in [0.4, 0.5) is 0 Å². The summed E-state index contributed by atoms with van der Waals surface area (Å²) in [5.74, 6) is -0.971. The number of carbonyl (C=O) groups excluding carboxylic acids is 1. The maximum absolute atomic E-state index is 12.7. The van der Waals surface area contributed by atoms with Crippen molar-refractivity contribution < 1.29 is 14.7 Å². The molecule has 1 fully saturated rings. The summed E-state index contributed by atoms with van der Waals surface area (Å²) in [4.78, 5) is 38.2. The highest BCUT2D eigenvalue weighted by Crippen LogP contribution is 2.30. The van der Waals surface area contributed by atoms with Gasteiger partial charge in [-0.3, -0.25) is 18.7 Å². The Morgan fingerprint density at radius 3 is 2.31 bits per heavy atom. The van der Waals surface area contributed by atoms with Crippen LogP contribution < -0.4 is 5.69 Å². The van der Waals surface area contributed by atoms with Crippen LogP contribution in [0.3, 0.4) is 0 Å². The van der Waals surface area contributed by atoms with E-state index in [9.17, 15) is 19.5 Å². The summed E-state index contributed by atoms with van der Waals surface area (Å²) in [6.07, 6.45) is 1.51. The lowest BCUT2D eigenvalue weighted by atomic mass is 9.90. The van der Waals surface area contributed by atoms with E-state index in [1.165, 1.54) is 0 Å². The maximum atomic E-state index is 12.7. The number of rotatable bonds is 6. The van der Waals surface area contributed by atoms with Crippen molar-refractivity contribution in [2.75, 3.05) is 13.1 Å². The fraction of sp³-hybridized carbons (Fsp3) is 0.526. The van der Waals surface area contributed by atoms with Crippen molar-refractivity contribution in [1.29, 1.82) is 0 Å². The molecule has 1 aromatic carbocycles. The van der Waals surface area contributed by atoms with Crippen LogP contribution in [0.5, 0.6) is 0 Å². The number of aryl methyl sites for hydroxylation is 2. The number of aromatic nitrogens is 2. The molecule has 26 heavy (non-hydrogen) atoms. The molecule has 0 saturated carbocycles. The van der Waals surface area contributed by atoms with Gasteiger partial charge in [0.15, 0.2) is 0 Å². The van der Waals surface area contributed by atoms with Crippen molar-refractivity contribution in [2.24, 2.45) is 5.41 Å². The molecule has 0 aliphatic carbocycles. The molecule has 1 aliphatic rings. The molecule has 0 radical (unpaired) electrons. The first kappa shape index (κ1) is 18.2. The van der Waals surface area contributed by atoms with E-state index in [-0.39, 0.29) is 24.6 Å².